The van der Waals surface area contributed by atoms with Crippen molar-refractivity contribution in [3.05, 3.63) is 45.4 Å². The van der Waals surface area contributed by atoms with Gasteiger partial charge in [-0.05, 0) is 19.1 Å². The molecule has 8 heteroatoms. The first-order chi connectivity index (χ1) is 14.5. The molecule has 0 spiro atoms. The van der Waals surface area contributed by atoms with Crippen molar-refractivity contribution in [2.75, 3.05) is 40.5 Å². The van der Waals surface area contributed by atoms with Gasteiger partial charge in [-0.15, -0.1) is 11.3 Å². The lowest BCUT2D eigenvalue weighted by atomic mass is 10.0. The molecule has 1 saturated heterocycles. The molecule has 7 nitrogen and oxygen atoms in total. The molecule has 0 atom stereocenters. The number of carbonyl (C=O) groups excluding carboxylic acids is 2. The summed E-state index contributed by atoms with van der Waals surface area (Å²) < 4.78 is 10.7. The number of amides is 1. The second-order valence-corrected chi connectivity index (χ2v) is 8.44. The van der Waals surface area contributed by atoms with Gasteiger partial charge in [0.05, 0.1) is 44.7 Å². The van der Waals surface area contributed by atoms with Gasteiger partial charge in [0.25, 0.3) is 0 Å². The Balaban J connectivity index is 1.49. The van der Waals surface area contributed by atoms with Crippen LogP contribution in [0.4, 0.5) is 0 Å². The summed E-state index contributed by atoms with van der Waals surface area (Å²) in [5, 5.41) is 3.05. The molecule has 0 aliphatic carbocycles. The number of aromatic nitrogens is 1. The topological polar surface area (TPSA) is 72.0 Å². The van der Waals surface area contributed by atoms with Gasteiger partial charge in [-0.2, -0.15) is 0 Å². The number of Topliss-reactive ketones (excluding diaryl/α,β-unsaturated/α-hetero) is 1. The van der Waals surface area contributed by atoms with Crippen LogP contribution in [0.25, 0.3) is 0 Å². The summed E-state index contributed by atoms with van der Waals surface area (Å²) in [6.07, 6.45) is 0.319. The van der Waals surface area contributed by atoms with E-state index in [1.807, 2.05) is 18.4 Å². The number of methoxy groups -OCH3 is 1. The van der Waals surface area contributed by atoms with Crippen molar-refractivity contribution in [2.45, 2.75) is 32.9 Å². The highest BCUT2D eigenvalue weighted by molar-refractivity contribution is 7.09. The van der Waals surface area contributed by atoms with Crippen molar-refractivity contribution in [3.8, 4) is 5.75 Å². The fourth-order valence-corrected chi connectivity index (χ4v) is 4.19. The predicted octanol–water partition coefficient (Wildman–Crippen LogP) is 2.91. The van der Waals surface area contributed by atoms with Crippen LogP contribution in [0.3, 0.4) is 0 Å². The summed E-state index contributed by atoms with van der Waals surface area (Å²) in [4.78, 5) is 33.7. The maximum atomic E-state index is 12.6. The highest BCUT2D eigenvalue weighted by Gasteiger charge is 2.18. The Morgan fingerprint density at radius 2 is 2.03 bits per heavy atom. The summed E-state index contributed by atoms with van der Waals surface area (Å²) in [7, 11) is 3.29. The monoisotopic (exact) mass is 431 g/mol. The van der Waals surface area contributed by atoms with Gasteiger partial charge in [0, 0.05) is 38.4 Å². The Morgan fingerprint density at radius 1 is 1.27 bits per heavy atom. The predicted molar refractivity (Wildman–Crippen MR) is 116 cm³/mol. The lowest BCUT2D eigenvalue weighted by molar-refractivity contribution is -0.130. The van der Waals surface area contributed by atoms with Crippen molar-refractivity contribution in [3.63, 3.8) is 0 Å². The number of rotatable bonds is 9. The third kappa shape index (κ3) is 6.10. The number of aryl methyl sites for hydroxylation is 1. The first kappa shape index (κ1) is 22.4. The third-order valence-electron chi connectivity index (χ3n) is 5.11. The number of ketones is 1. The van der Waals surface area contributed by atoms with Gasteiger partial charge in [0.2, 0.25) is 5.91 Å². The molecule has 0 N–H and O–H groups in total. The zero-order valence-corrected chi connectivity index (χ0v) is 18.7. The van der Waals surface area contributed by atoms with E-state index in [2.05, 4.69) is 9.88 Å². The molecule has 1 aliphatic rings. The second kappa shape index (κ2) is 10.7. The van der Waals surface area contributed by atoms with Crippen LogP contribution in [-0.4, -0.2) is 66.9 Å². The van der Waals surface area contributed by atoms with Crippen molar-refractivity contribution in [2.24, 2.45) is 0 Å². The average Bonchev–Trinajstić information content (AvgIpc) is 3.18. The van der Waals surface area contributed by atoms with Crippen LogP contribution in [0.5, 0.6) is 5.75 Å². The van der Waals surface area contributed by atoms with Gasteiger partial charge in [0.1, 0.15) is 10.8 Å². The third-order valence-corrected chi connectivity index (χ3v) is 5.99. The van der Waals surface area contributed by atoms with Crippen molar-refractivity contribution in [1.29, 1.82) is 0 Å². The normalized spacial score (nSPS) is 14.5. The molecule has 162 valence electrons. The van der Waals surface area contributed by atoms with Crippen molar-refractivity contribution in [1.82, 2.24) is 14.8 Å². The van der Waals surface area contributed by atoms with E-state index < -0.39 is 0 Å². The lowest BCUT2D eigenvalue weighted by Crippen LogP contribution is -2.35. The Labute approximate surface area is 181 Å². The lowest BCUT2D eigenvalue weighted by Gasteiger charge is -2.25. The highest BCUT2D eigenvalue weighted by Crippen LogP contribution is 2.22. The Morgan fingerprint density at radius 3 is 2.77 bits per heavy atom. The summed E-state index contributed by atoms with van der Waals surface area (Å²) in [5.74, 6) is 0.387. The number of carbonyl (C=O) groups is 2. The van der Waals surface area contributed by atoms with Crippen molar-refractivity contribution < 1.29 is 19.1 Å². The Hall–Kier alpha value is -2.29. The van der Waals surface area contributed by atoms with Gasteiger partial charge < -0.3 is 14.4 Å². The Bertz CT molecular complexity index is 877. The van der Waals surface area contributed by atoms with Crippen LogP contribution >= 0.6 is 11.3 Å². The van der Waals surface area contributed by atoms with Crippen LogP contribution < -0.4 is 4.74 Å². The standard InChI is InChI=1S/C22H29N3O4S/c1-16-4-6-20(28-3)18(12-16)19(26)5-7-22(27)24(2)13-17-15-30-21(23-17)14-25-8-10-29-11-9-25/h4,6,12,15H,5,7-11,13-14H2,1-3H3. The van der Waals surface area contributed by atoms with Gasteiger partial charge in [-0.25, -0.2) is 4.98 Å². The van der Waals surface area contributed by atoms with Gasteiger partial charge in [0.15, 0.2) is 5.78 Å². The summed E-state index contributed by atoms with van der Waals surface area (Å²) in [5.41, 5.74) is 2.39. The zero-order chi connectivity index (χ0) is 21.5. The van der Waals surface area contributed by atoms with Crippen LogP contribution in [0.15, 0.2) is 23.6 Å². The van der Waals surface area contributed by atoms with E-state index in [9.17, 15) is 9.59 Å². The summed E-state index contributed by atoms with van der Waals surface area (Å²) in [6.45, 7) is 6.57. The number of hydrogen-bond donors (Lipinski definition) is 0. The van der Waals surface area contributed by atoms with E-state index in [1.54, 1.807) is 42.5 Å². The number of benzene rings is 1. The molecule has 1 fully saturated rings. The second-order valence-electron chi connectivity index (χ2n) is 7.50. The number of ether oxygens (including phenoxy) is 2. The molecule has 1 amide bonds. The highest BCUT2D eigenvalue weighted by atomic mass is 32.1. The van der Waals surface area contributed by atoms with E-state index in [1.165, 1.54) is 0 Å². The van der Waals surface area contributed by atoms with Crippen LogP contribution in [-0.2, 0) is 22.6 Å². The van der Waals surface area contributed by atoms with E-state index >= 15 is 0 Å². The molecule has 1 aliphatic heterocycles. The molecule has 0 saturated carbocycles. The van der Waals surface area contributed by atoms with E-state index in [-0.39, 0.29) is 24.5 Å². The first-order valence-corrected chi connectivity index (χ1v) is 11.0. The van der Waals surface area contributed by atoms with Crippen molar-refractivity contribution >= 4 is 23.0 Å². The minimum atomic E-state index is -0.0845. The summed E-state index contributed by atoms with van der Waals surface area (Å²) >= 11 is 1.62. The van der Waals surface area contributed by atoms with Gasteiger partial charge >= 0.3 is 0 Å². The van der Waals surface area contributed by atoms with Gasteiger partial charge in [-0.1, -0.05) is 11.6 Å². The number of thiazole rings is 1. The smallest absolute Gasteiger partial charge is 0.223 e. The maximum Gasteiger partial charge on any atom is 0.223 e. The molecule has 2 aromatic rings. The molecule has 3 rings (SSSR count). The molecule has 1 aromatic heterocycles. The van der Waals surface area contributed by atoms with E-state index in [0.717, 1.165) is 49.1 Å². The molecular weight excluding hydrogens is 402 g/mol. The molecule has 30 heavy (non-hydrogen) atoms. The number of nitrogens with zero attached hydrogens (tertiary/aromatic N) is 3. The van der Waals surface area contributed by atoms with E-state index in [4.69, 9.17) is 9.47 Å². The molecule has 2 heterocycles. The minimum Gasteiger partial charge on any atom is -0.496 e. The van der Waals surface area contributed by atoms with Gasteiger partial charge in [-0.3, -0.25) is 14.5 Å². The Kier molecular flexibility index (Phi) is 7.95. The fraction of sp³-hybridized carbons (Fsp3) is 0.500. The molecule has 1 aromatic carbocycles. The fourth-order valence-electron chi connectivity index (χ4n) is 3.36. The van der Waals surface area contributed by atoms with E-state index in [0.29, 0.717) is 17.9 Å². The SMILES string of the molecule is COc1ccc(C)cc1C(=O)CCC(=O)N(C)Cc1csc(CN2CCOCC2)n1. The number of hydrogen-bond acceptors (Lipinski definition) is 7. The minimum absolute atomic E-state index is 0.0716. The quantitative estimate of drug-likeness (QED) is 0.569. The molecular formula is C22H29N3O4S. The molecule has 0 bridgehead atoms. The zero-order valence-electron chi connectivity index (χ0n) is 17.8. The van der Waals surface area contributed by atoms with Crippen LogP contribution in [0.2, 0.25) is 0 Å². The molecule has 0 radical (unpaired) electrons. The average molecular weight is 432 g/mol. The maximum absolute atomic E-state index is 12.6. The van der Waals surface area contributed by atoms with Crippen LogP contribution in [0.1, 0.15) is 39.5 Å². The molecule has 0 unspecified atom stereocenters. The number of morpholine rings is 1. The largest absolute Gasteiger partial charge is 0.496 e. The first-order valence-electron chi connectivity index (χ1n) is 10.1. The summed E-state index contributed by atoms with van der Waals surface area (Å²) in [6, 6.07) is 5.49. The van der Waals surface area contributed by atoms with Crippen LogP contribution in [0, 0.1) is 6.92 Å².